The molecule has 2 aromatic heterocycles. The van der Waals surface area contributed by atoms with Crippen molar-refractivity contribution in [3.63, 3.8) is 0 Å². The molecule has 0 aliphatic rings. The van der Waals surface area contributed by atoms with Crippen LogP contribution in [0.3, 0.4) is 0 Å². The van der Waals surface area contributed by atoms with Gasteiger partial charge in [0.15, 0.2) is 17.3 Å². The highest BCUT2D eigenvalue weighted by Gasteiger charge is 2.21. The Labute approximate surface area is 180 Å². The van der Waals surface area contributed by atoms with Crippen LogP contribution >= 0.6 is 0 Å². The Kier molecular flexibility index (Phi) is 6.93. The van der Waals surface area contributed by atoms with E-state index in [-0.39, 0.29) is 17.4 Å². The minimum absolute atomic E-state index is 0.132. The summed E-state index contributed by atoms with van der Waals surface area (Å²) >= 11 is 0. The van der Waals surface area contributed by atoms with Crippen molar-refractivity contribution in [3.8, 4) is 11.5 Å². The first-order valence-corrected chi connectivity index (χ1v) is 10.9. The van der Waals surface area contributed by atoms with E-state index in [9.17, 15) is 13.2 Å². The summed E-state index contributed by atoms with van der Waals surface area (Å²) in [6.07, 6.45) is 1.97. The minimum Gasteiger partial charge on any atom is -0.493 e. The van der Waals surface area contributed by atoms with E-state index in [1.807, 2.05) is 6.07 Å². The van der Waals surface area contributed by atoms with Crippen LogP contribution in [-0.2, 0) is 16.4 Å². The number of anilines is 1. The quantitative estimate of drug-likeness (QED) is 0.520. The summed E-state index contributed by atoms with van der Waals surface area (Å²) in [5.74, 6) is 0.807. The van der Waals surface area contributed by atoms with Gasteiger partial charge in [0.25, 0.3) is 15.9 Å². The molecule has 0 atom stereocenters. The molecule has 0 saturated heterocycles. The van der Waals surface area contributed by atoms with Crippen molar-refractivity contribution in [3.05, 3.63) is 65.5 Å². The molecule has 0 radical (unpaired) electrons. The van der Waals surface area contributed by atoms with Crippen molar-refractivity contribution in [1.82, 2.24) is 9.71 Å². The average Bonchev–Trinajstić information content (AvgIpc) is 3.26. The van der Waals surface area contributed by atoms with Crippen molar-refractivity contribution in [2.24, 2.45) is 0 Å². The predicted octanol–water partition coefficient (Wildman–Crippen LogP) is 2.77. The van der Waals surface area contributed by atoms with Crippen molar-refractivity contribution in [2.45, 2.75) is 18.4 Å². The van der Waals surface area contributed by atoms with E-state index < -0.39 is 15.9 Å². The van der Waals surface area contributed by atoms with Gasteiger partial charge in [-0.3, -0.25) is 4.79 Å². The molecular weight excluding hydrogens is 422 g/mol. The first kappa shape index (κ1) is 22.3. The zero-order valence-electron chi connectivity index (χ0n) is 17.3. The topological polar surface area (TPSA) is 120 Å². The molecule has 9 nitrogen and oxygen atoms in total. The third-order valence-electron chi connectivity index (χ3n) is 4.47. The number of pyridine rings is 1. The first-order valence-electron chi connectivity index (χ1n) is 9.37. The number of aryl methyl sites for hydroxylation is 1. The highest BCUT2D eigenvalue weighted by molar-refractivity contribution is 7.89. The number of benzene rings is 1. The fraction of sp³-hybridized carbons (Fsp3) is 0.238. The molecule has 0 bridgehead atoms. The molecule has 3 rings (SSSR count). The summed E-state index contributed by atoms with van der Waals surface area (Å²) in [5.41, 5.74) is 1.64. The van der Waals surface area contributed by atoms with Gasteiger partial charge in [0, 0.05) is 12.7 Å². The van der Waals surface area contributed by atoms with E-state index in [2.05, 4.69) is 15.0 Å². The van der Waals surface area contributed by atoms with Crippen LogP contribution in [0.4, 0.5) is 5.82 Å². The van der Waals surface area contributed by atoms with Crippen molar-refractivity contribution >= 4 is 21.7 Å². The highest BCUT2D eigenvalue weighted by Crippen LogP contribution is 2.27. The van der Waals surface area contributed by atoms with Gasteiger partial charge in [-0.25, -0.2) is 18.1 Å². The fourth-order valence-corrected chi connectivity index (χ4v) is 3.77. The Bertz CT molecular complexity index is 1170. The van der Waals surface area contributed by atoms with Crippen LogP contribution in [0, 0.1) is 6.92 Å². The Hall–Kier alpha value is -3.37. The van der Waals surface area contributed by atoms with Crippen LogP contribution in [0.25, 0.3) is 0 Å². The normalized spacial score (nSPS) is 11.2. The Morgan fingerprint density at radius 3 is 2.58 bits per heavy atom. The van der Waals surface area contributed by atoms with E-state index in [1.165, 1.54) is 19.2 Å². The van der Waals surface area contributed by atoms with Gasteiger partial charge >= 0.3 is 0 Å². The molecular formula is C21H23N3O6S. The van der Waals surface area contributed by atoms with Gasteiger partial charge < -0.3 is 19.2 Å². The second-order valence-corrected chi connectivity index (χ2v) is 8.28. The second-order valence-electron chi connectivity index (χ2n) is 6.58. The van der Waals surface area contributed by atoms with E-state index >= 15 is 0 Å². The number of nitrogens with one attached hydrogen (secondary N) is 2. The molecule has 0 saturated carbocycles. The summed E-state index contributed by atoms with van der Waals surface area (Å²) in [5, 5.41) is 2.25. The van der Waals surface area contributed by atoms with E-state index in [0.29, 0.717) is 23.7 Å². The minimum atomic E-state index is -3.92. The largest absolute Gasteiger partial charge is 0.493 e. The molecule has 0 aliphatic carbocycles. The van der Waals surface area contributed by atoms with E-state index in [4.69, 9.17) is 13.9 Å². The summed E-state index contributed by atoms with van der Waals surface area (Å²) in [7, 11) is -0.846. The standard InChI is InChI=1S/C21H23N3O6S/c1-14-5-4-11-22-20(14)24-21(25)17-8-9-19(30-17)31(26,27)23-12-10-15-6-7-16(28-2)18(13-15)29-3/h4-9,11,13,23H,10,12H2,1-3H3,(H,22,24,25). The number of hydrogen-bond donors (Lipinski definition) is 2. The molecule has 164 valence electrons. The van der Waals surface area contributed by atoms with E-state index in [1.54, 1.807) is 44.5 Å². The molecule has 0 spiro atoms. The number of aromatic nitrogens is 1. The Morgan fingerprint density at radius 2 is 1.87 bits per heavy atom. The smallest absolute Gasteiger partial charge is 0.292 e. The third kappa shape index (κ3) is 5.41. The number of carbonyl (C=O) groups is 1. The average molecular weight is 445 g/mol. The first-order chi connectivity index (χ1) is 14.8. The zero-order chi connectivity index (χ0) is 22.4. The van der Waals surface area contributed by atoms with Gasteiger partial charge in [0.1, 0.15) is 5.82 Å². The summed E-state index contributed by atoms with van der Waals surface area (Å²) in [6.45, 7) is 1.93. The molecule has 2 N–H and O–H groups in total. The predicted molar refractivity (Wildman–Crippen MR) is 114 cm³/mol. The lowest BCUT2D eigenvalue weighted by Crippen LogP contribution is -2.25. The van der Waals surface area contributed by atoms with Gasteiger partial charge in [-0.15, -0.1) is 0 Å². The summed E-state index contributed by atoms with van der Waals surface area (Å²) in [6, 6.07) is 11.4. The second kappa shape index (κ2) is 9.63. The van der Waals surface area contributed by atoms with Crippen LogP contribution in [0.5, 0.6) is 11.5 Å². The third-order valence-corrected chi connectivity index (χ3v) is 5.80. The lowest BCUT2D eigenvalue weighted by Gasteiger charge is -2.10. The van der Waals surface area contributed by atoms with Gasteiger partial charge in [0.2, 0.25) is 5.09 Å². The van der Waals surface area contributed by atoms with Gasteiger partial charge in [-0.05, 0) is 54.8 Å². The molecule has 0 aliphatic heterocycles. The molecule has 1 amide bonds. The number of methoxy groups -OCH3 is 2. The molecule has 10 heteroatoms. The van der Waals surface area contributed by atoms with Crippen LogP contribution in [0.2, 0.25) is 0 Å². The molecule has 1 aromatic carbocycles. The molecule has 0 unspecified atom stereocenters. The highest BCUT2D eigenvalue weighted by atomic mass is 32.2. The number of carbonyl (C=O) groups excluding carboxylic acids is 1. The Morgan fingerprint density at radius 1 is 1.10 bits per heavy atom. The molecule has 0 fully saturated rings. The van der Waals surface area contributed by atoms with E-state index in [0.717, 1.165) is 11.1 Å². The maximum absolute atomic E-state index is 12.5. The van der Waals surface area contributed by atoms with Gasteiger partial charge in [-0.1, -0.05) is 12.1 Å². The SMILES string of the molecule is COc1ccc(CCNS(=O)(=O)c2ccc(C(=O)Nc3ncccc3C)o2)cc1OC. The van der Waals surface area contributed by atoms with Crippen molar-refractivity contribution in [2.75, 3.05) is 26.1 Å². The maximum Gasteiger partial charge on any atom is 0.292 e. The van der Waals surface area contributed by atoms with Gasteiger partial charge in [-0.2, -0.15) is 0 Å². The number of amides is 1. The summed E-state index contributed by atoms with van der Waals surface area (Å²) in [4.78, 5) is 16.4. The van der Waals surface area contributed by atoms with Crippen LogP contribution < -0.4 is 19.5 Å². The van der Waals surface area contributed by atoms with Crippen molar-refractivity contribution in [1.29, 1.82) is 0 Å². The number of furan rings is 1. The number of rotatable bonds is 9. The number of sulfonamides is 1. The van der Waals surface area contributed by atoms with Crippen LogP contribution in [0.1, 0.15) is 21.7 Å². The lowest BCUT2D eigenvalue weighted by atomic mass is 10.1. The Balaban J connectivity index is 1.62. The maximum atomic E-state index is 12.5. The number of hydrogen-bond acceptors (Lipinski definition) is 7. The molecule has 31 heavy (non-hydrogen) atoms. The van der Waals surface area contributed by atoms with Crippen molar-refractivity contribution < 1.29 is 27.1 Å². The molecule has 3 aromatic rings. The van der Waals surface area contributed by atoms with Crippen LogP contribution in [0.15, 0.2) is 58.2 Å². The van der Waals surface area contributed by atoms with Gasteiger partial charge in [0.05, 0.1) is 14.2 Å². The lowest BCUT2D eigenvalue weighted by molar-refractivity contribution is 0.0991. The molecule has 2 heterocycles. The number of ether oxygens (including phenoxy) is 2. The fourth-order valence-electron chi connectivity index (χ4n) is 2.81. The zero-order valence-corrected chi connectivity index (χ0v) is 18.2. The number of nitrogens with zero attached hydrogens (tertiary/aromatic N) is 1. The summed E-state index contributed by atoms with van der Waals surface area (Å²) < 4.78 is 43.2. The monoisotopic (exact) mass is 445 g/mol. The van der Waals surface area contributed by atoms with Crippen LogP contribution in [-0.4, -0.2) is 40.1 Å².